The number of carboxylic acids is 1. The van der Waals surface area contributed by atoms with Crippen LogP contribution in [0.15, 0.2) is 29.2 Å². The first kappa shape index (κ1) is 19.7. The fourth-order valence-corrected chi connectivity index (χ4v) is 5.17. The lowest BCUT2D eigenvalue weighted by Crippen LogP contribution is -2.51. The van der Waals surface area contributed by atoms with Crippen LogP contribution in [0.5, 0.6) is 0 Å². The van der Waals surface area contributed by atoms with Gasteiger partial charge < -0.3 is 15.2 Å². The van der Waals surface area contributed by atoms with E-state index in [9.17, 15) is 18.0 Å². The van der Waals surface area contributed by atoms with Gasteiger partial charge in [0.2, 0.25) is 5.91 Å². The van der Waals surface area contributed by atoms with E-state index in [0.29, 0.717) is 17.9 Å². The van der Waals surface area contributed by atoms with Gasteiger partial charge in [0.1, 0.15) is 6.61 Å². The maximum Gasteiger partial charge on any atom is 0.329 e. The van der Waals surface area contributed by atoms with Gasteiger partial charge in [-0.2, -0.15) is 0 Å². The Balaban J connectivity index is 2.13. The van der Waals surface area contributed by atoms with Gasteiger partial charge in [-0.25, -0.2) is 13.2 Å². The Labute approximate surface area is 151 Å². The largest absolute Gasteiger partial charge is 0.480 e. The summed E-state index contributed by atoms with van der Waals surface area (Å²) in [6.07, 6.45) is 1.80. The van der Waals surface area contributed by atoms with Gasteiger partial charge in [-0.3, -0.25) is 4.79 Å². The zero-order valence-corrected chi connectivity index (χ0v) is 15.1. The van der Waals surface area contributed by atoms with Gasteiger partial charge in [0.25, 0.3) is 0 Å². The Morgan fingerprint density at radius 2 is 1.80 bits per heavy atom. The molecule has 0 unspecified atom stereocenters. The van der Waals surface area contributed by atoms with Crippen LogP contribution in [0.2, 0.25) is 5.02 Å². The molecule has 0 saturated heterocycles. The SMILES string of the molecule is O=C(O)COCCNC(=O)C1(S(=O)(=O)c2ccc(Cl)cc2)CCCC1. The average molecular weight is 390 g/mol. The predicted molar refractivity (Wildman–Crippen MR) is 91.3 cm³/mol. The maximum absolute atomic E-state index is 13.1. The first-order chi connectivity index (χ1) is 11.8. The molecule has 1 fully saturated rings. The number of aliphatic carboxylic acids is 1. The summed E-state index contributed by atoms with van der Waals surface area (Å²) in [5, 5.41) is 11.5. The predicted octanol–water partition coefficient (Wildman–Crippen LogP) is 1.64. The molecule has 1 amide bonds. The molecule has 25 heavy (non-hydrogen) atoms. The molecular formula is C16H20ClNO6S. The zero-order valence-electron chi connectivity index (χ0n) is 13.5. The lowest BCUT2D eigenvalue weighted by molar-refractivity contribution is -0.142. The lowest BCUT2D eigenvalue weighted by Gasteiger charge is -2.27. The van der Waals surface area contributed by atoms with Crippen LogP contribution in [0.4, 0.5) is 0 Å². The van der Waals surface area contributed by atoms with Crippen LogP contribution in [0.1, 0.15) is 25.7 Å². The van der Waals surface area contributed by atoms with Crippen molar-refractivity contribution in [2.75, 3.05) is 19.8 Å². The molecule has 0 aliphatic heterocycles. The molecular weight excluding hydrogens is 370 g/mol. The fraction of sp³-hybridized carbons (Fsp3) is 0.500. The van der Waals surface area contributed by atoms with Crippen molar-refractivity contribution in [3.8, 4) is 0 Å². The highest BCUT2D eigenvalue weighted by molar-refractivity contribution is 7.93. The third kappa shape index (κ3) is 4.31. The van der Waals surface area contributed by atoms with Crippen LogP contribution < -0.4 is 5.32 Å². The molecule has 0 bridgehead atoms. The number of hydrogen-bond acceptors (Lipinski definition) is 5. The van der Waals surface area contributed by atoms with Crippen LogP contribution in [-0.4, -0.2) is 49.9 Å². The number of amides is 1. The zero-order chi connectivity index (χ0) is 18.5. The number of carbonyl (C=O) groups is 2. The van der Waals surface area contributed by atoms with Crippen molar-refractivity contribution in [3.05, 3.63) is 29.3 Å². The molecule has 2 rings (SSSR count). The highest BCUT2D eigenvalue weighted by Crippen LogP contribution is 2.40. The van der Waals surface area contributed by atoms with Crippen molar-refractivity contribution in [2.45, 2.75) is 35.3 Å². The number of benzene rings is 1. The molecule has 1 saturated carbocycles. The second-order valence-electron chi connectivity index (χ2n) is 5.86. The summed E-state index contributed by atoms with van der Waals surface area (Å²) >= 11 is 5.81. The molecule has 7 nitrogen and oxygen atoms in total. The van der Waals surface area contributed by atoms with E-state index in [1.807, 2.05) is 0 Å². The van der Waals surface area contributed by atoms with Gasteiger partial charge in [0, 0.05) is 11.6 Å². The van der Waals surface area contributed by atoms with E-state index in [2.05, 4.69) is 5.32 Å². The van der Waals surface area contributed by atoms with Crippen LogP contribution in [0.3, 0.4) is 0 Å². The van der Waals surface area contributed by atoms with E-state index in [1.165, 1.54) is 24.3 Å². The van der Waals surface area contributed by atoms with Crippen molar-refractivity contribution in [1.29, 1.82) is 0 Å². The molecule has 138 valence electrons. The smallest absolute Gasteiger partial charge is 0.329 e. The second-order valence-corrected chi connectivity index (χ2v) is 8.56. The lowest BCUT2D eigenvalue weighted by atomic mass is 10.1. The highest BCUT2D eigenvalue weighted by atomic mass is 35.5. The Morgan fingerprint density at radius 3 is 2.36 bits per heavy atom. The van der Waals surface area contributed by atoms with Gasteiger partial charge in [-0.05, 0) is 37.1 Å². The Bertz CT molecular complexity index is 725. The second kappa shape index (κ2) is 8.16. The first-order valence-electron chi connectivity index (χ1n) is 7.88. The average Bonchev–Trinajstić information content (AvgIpc) is 3.06. The van der Waals surface area contributed by atoms with E-state index in [1.54, 1.807) is 0 Å². The van der Waals surface area contributed by atoms with Crippen molar-refractivity contribution < 1.29 is 27.9 Å². The topological polar surface area (TPSA) is 110 Å². The van der Waals surface area contributed by atoms with Gasteiger partial charge in [-0.1, -0.05) is 24.4 Å². The molecule has 0 atom stereocenters. The third-order valence-corrected chi connectivity index (χ3v) is 6.99. The number of hydrogen-bond donors (Lipinski definition) is 2. The summed E-state index contributed by atoms with van der Waals surface area (Å²) < 4.78 is 29.5. The molecule has 0 heterocycles. The molecule has 1 aromatic carbocycles. The molecule has 0 radical (unpaired) electrons. The Kier molecular flexibility index (Phi) is 6.42. The number of rotatable bonds is 8. The van der Waals surface area contributed by atoms with E-state index < -0.39 is 33.1 Å². The molecule has 2 N–H and O–H groups in total. The number of ether oxygens (including phenoxy) is 1. The van der Waals surface area contributed by atoms with Gasteiger partial charge >= 0.3 is 5.97 Å². The summed E-state index contributed by atoms with van der Waals surface area (Å²) in [6.45, 7) is -0.427. The Morgan fingerprint density at radius 1 is 1.20 bits per heavy atom. The minimum atomic E-state index is -3.88. The van der Waals surface area contributed by atoms with E-state index in [0.717, 1.165) is 0 Å². The summed E-state index contributed by atoms with van der Waals surface area (Å²) in [6, 6.07) is 5.77. The van der Waals surface area contributed by atoms with Gasteiger partial charge in [0.15, 0.2) is 14.6 Å². The summed E-state index contributed by atoms with van der Waals surface area (Å²) in [5.41, 5.74) is 0. The van der Waals surface area contributed by atoms with E-state index in [-0.39, 0.29) is 30.9 Å². The number of halogens is 1. The van der Waals surface area contributed by atoms with Crippen molar-refractivity contribution in [1.82, 2.24) is 5.32 Å². The van der Waals surface area contributed by atoms with Crippen LogP contribution in [-0.2, 0) is 24.2 Å². The minimum absolute atomic E-state index is 0.00485. The molecule has 1 aliphatic rings. The quantitative estimate of drug-likeness (QED) is 0.654. The third-order valence-electron chi connectivity index (χ3n) is 4.22. The van der Waals surface area contributed by atoms with Crippen molar-refractivity contribution in [3.63, 3.8) is 0 Å². The summed E-state index contributed by atoms with van der Waals surface area (Å²) in [4.78, 5) is 23.1. The summed E-state index contributed by atoms with van der Waals surface area (Å²) in [7, 11) is -3.88. The van der Waals surface area contributed by atoms with Crippen LogP contribution >= 0.6 is 11.6 Å². The van der Waals surface area contributed by atoms with Crippen LogP contribution in [0, 0.1) is 0 Å². The number of carboxylic acid groups (broad SMARTS) is 1. The monoisotopic (exact) mass is 389 g/mol. The van der Waals surface area contributed by atoms with Gasteiger partial charge in [0.05, 0.1) is 11.5 Å². The molecule has 1 aromatic rings. The molecule has 0 spiro atoms. The summed E-state index contributed by atoms with van der Waals surface area (Å²) in [5.74, 6) is -1.68. The molecule has 0 aromatic heterocycles. The van der Waals surface area contributed by atoms with Crippen molar-refractivity contribution >= 4 is 33.3 Å². The first-order valence-corrected chi connectivity index (χ1v) is 9.74. The van der Waals surface area contributed by atoms with E-state index >= 15 is 0 Å². The molecule has 9 heteroatoms. The standard InChI is InChI=1S/C16H20ClNO6S/c17-12-3-5-13(6-4-12)25(22,23)16(7-1-2-8-16)15(21)18-9-10-24-11-14(19)20/h3-6H,1-2,7-11H2,(H,18,21)(H,19,20). The maximum atomic E-state index is 13.1. The normalized spacial score (nSPS) is 16.5. The number of sulfone groups is 1. The van der Waals surface area contributed by atoms with Gasteiger partial charge in [-0.15, -0.1) is 0 Å². The highest BCUT2D eigenvalue weighted by Gasteiger charge is 2.52. The minimum Gasteiger partial charge on any atom is -0.480 e. The fourth-order valence-electron chi connectivity index (χ4n) is 2.96. The Hall–Kier alpha value is -1.64. The number of carbonyl (C=O) groups excluding carboxylic acids is 1. The number of nitrogens with one attached hydrogen (secondary N) is 1. The van der Waals surface area contributed by atoms with E-state index in [4.69, 9.17) is 21.4 Å². The van der Waals surface area contributed by atoms with Crippen LogP contribution in [0.25, 0.3) is 0 Å². The molecule has 1 aliphatic carbocycles. The van der Waals surface area contributed by atoms with Crippen molar-refractivity contribution in [2.24, 2.45) is 0 Å².